The molecule has 1 aromatic carbocycles. The van der Waals surface area contributed by atoms with Gasteiger partial charge in [-0.15, -0.1) is 0 Å². The van der Waals surface area contributed by atoms with E-state index in [1.807, 2.05) is 28.8 Å². The third-order valence-electron chi connectivity index (χ3n) is 4.89. The highest BCUT2D eigenvalue weighted by atomic mass is 19.1. The highest BCUT2D eigenvalue weighted by molar-refractivity contribution is 5.73. The fourth-order valence-corrected chi connectivity index (χ4v) is 3.35. The lowest BCUT2D eigenvalue weighted by Crippen LogP contribution is -2.49. The van der Waals surface area contributed by atoms with Crippen molar-refractivity contribution in [2.24, 2.45) is 7.05 Å². The number of carbonyl (C=O) groups excluding carboxylic acids is 1. The van der Waals surface area contributed by atoms with E-state index in [0.717, 1.165) is 50.7 Å². The normalized spacial score (nSPS) is 16.7. The minimum absolute atomic E-state index is 0.142. The second kappa shape index (κ2) is 8.42. The van der Waals surface area contributed by atoms with Gasteiger partial charge in [0.15, 0.2) is 0 Å². The van der Waals surface area contributed by atoms with Gasteiger partial charge in [-0.3, -0.25) is 9.69 Å². The van der Waals surface area contributed by atoms with Gasteiger partial charge < -0.3 is 14.8 Å². The van der Waals surface area contributed by atoms with E-state index in [0.29, 0.717) is 0 Å². The maximum absolute atomic E-state index is 13.7. The first-order chi connectivity index (χ1) is 12.5. The third kappa shape index (κ3) is 4.47. The van der Waals surface area contributed by atoms with Gasteiger partial charge in [-0.05, 0) is 17.7 Å². The summed E-state index contributed by atoms with van der Waals surface area (Å²) in [5.74, 6) is 0.754. The predicted molar refractivity (Wildman–Crippen MR) is 98.1 cm³/mol. The predicted octanol–water partition coefficient (Wildman–Crippen LogP) is 1.40. The molecule has 1 fully saturated rings. The molecule has 0 radical (unpaired) electrons. The van der Waals surface area contributed by atoms with E-state index in [2.05, 4.69) is 15.2 Å². The van der Waals surface area contributed by atoms with Crippen molar-refractivity contribution in [2.45, 2.75) is 13.0 Å². The van der Waals surface area contributed by atoms with E-state index in [4.69, 9.17) is 0 Å². The van der Waals surface area contributed by atoms with Crippen LogP contribution < -0.4 is 5.32 Å². The van der Waals surface area contributed by atoms with E-state index in [1.165, 1.54) is 6.07 Å². The SMILES string of the molecule is CC(=O)N1CCN(CCN[C@H](c2cccc(F)c2)c2nccn2C)CC1. The number of carbonyl (C=O) groups is 1. The van der Waals surface area contributed by atoms with Crippen LogP contribution in [0.5, 0.6) is 0 Å². The average Bonchev–Trinajstić information content (AvgIpc) is 3.05. The van der Waals surface area contributed by atoms with Crippen LogP contribution in [0.15, 0.2) is 36.7 Å². The number of benzene rings is 1. The van der Waals surface area contributed by atoms with Gasteiger partial charge in [0.05, 0.1) is 6.04 Å². The summed E-state index contributed by atoms with van der Waals surface area (Å²) in [5.41, 5.74) is 0.862. The minimum Gasteiger partial charge on any atom is -0.340 e. The van der Waals surface area contributed by atoms with Crippen LogP contribution in [-0.2, 0) is 11.8 Å². The second-order valence-corrected chi connectivity index (χ2v) is 6.69. The summed E-state index contributed by atoms with van der Waals surface area (Å²) in [7, 11) is 1.94. The van der Waals surface area contributed by atoms with Crippen LogP contribution >= 0.6 is 0 Å². The first kappa shape index (κ1) is 18.5. The largest absolute Gasteiger partial charge is 0.340 e. The molecule has 140 valence electrons. The Labute approximate surface area is 153 Å². The molecule has 1 saturated heterocycles. The molecule has 1 aromatic heterocycles. The summed E-state index contributed by atoms with van der Waals surface area (Å²) >= 11 is 0. The average molecular weight is 359 g/mol. The van der Waals surface area contributed by atoms with Gasteiger partial charge >= 0.3 is 0 Å². The zero-order valence-corrected chi connectivity index (χ0v) is 15.4. The number of piperazine rings is 1. The molecule has 26 heavy (non-hydrogen) atoms. The number of hydrogen-bond donors (Lipinski definition) is 1. The monoisotopic (exact) mass is 359 g/mol. The van der Waals surface area contributed by atoms with Gasteiger partial charge in [-0.1, -0.05) is 12.1 Å². The van der Waals surface area contributed by atoms with Crippen molar-refractivity contribution in [1.29, 1.82) is 0 Å². The number of nitrogens with one attached hydrogen (secondary N) is 1. The molecule has 1 N–H and O–H groups in total. The molecule has 6 nitrogen and oxygen atoms in total. The van der Waals surface area contributed by atoms with Crippen LogP contribution in [0, 0.1) is 5.82 Å². The zero-order valence-electron chi connectivity index (χ0n) is 15.4. The fraction of sp³-hybridized carbons (Fsp3) is 0.474. The Balaban J connectivity index is 1.61. The summed E-state index contributed by atoms with van der Waals surface area (Å²) in [4.78, 5) is 20.1. The summed E-state index contributed by atoms with van der Waals surface area (Å²) < 4.78 is 15.6. The number of aromatic nitrogens is 2. The maximum Gasteiger partial charge on any atom is 0.219 e. The van der Waals surface area contributed by atoms with Crippen molar-refractivity contribution >= 4 is 5.91 Å². The molecular weight excluding hydrogens is 333 g/mol. The molecule has 0 unspecified atom stereocenters. The molecule has 1 aliphatic rings. The zero-order chi connectivity index (χ0) is 18.5. The van der Waals surface area contributed by atoms with Crippen LogP contribution in [0.25, 0.3) is 0 Å². The molecule has 0 bridgehead atoms. The number of imidazole rings is 1. The first-order valence-electron chi connectivity index (χ1n) is 8.98. The van der Waals surface area contributed by atoms with Gasteiger partial charge in [0.1, 0.15) is 11.6 Å². The molecule has 7 heteroatoms. The van der Waals surface area contributed by atoms with Crippen molar-refractivity contribution in [3.05, 3.63) is 53.9 Å². The Kier molecular flexibility index (Phi) is 6.00. The molecular formula is C19H26FN5O. The van der Waals surface area contributed by atoms with Crippen molar-refractivity contribution in [3.8, 4) is 0 Å². The molecule has 2 aromatic rings. The summed E-state index contributed by atoms with van der Waals surface area (Å²) in [5, 5.41) is 3.52. The molecule has 3 rings (SSSR count). The van der Waals surface area contributed by atoms with Crippen molar-refractivity contribution in [1.82, 2.24) is 24.7 Å². The smallest absolute Gasteiger partial charge is 0.219 e. The quantitative estimate of drug-likeness (QED) is 0.847. The van der Waals surface area contributed by atoms with E-state index in [1.54, 1.807) is 25.3 Å². The molecule has 1 atom stereocenters. The van der Waals surface area contributed by atoms with Crippen LogP contribution in [-0.4, -0.2) is 64.5 Å². The lowest BCUT2D eigenvalue weighted by molar-refractivity contribution is -0.130. The topological polar surface area (TPSA) is 53.4 Å². The van der Waals surface area contributed by atoms with Crippen molar-refractivity contribution in [2.75, 3.05) is 39.3 Å². The summed E-state index contributed by atoms with van der Waals surface area (Å²) in [6.07, 6.45) is 3.65. The number of nitrogens with zero attached hydrogens (tertiary/aromatic N) is 4. The van der Waals surface area contributed by atoms with Crippen molar-refractivity contribution < 1.29 is 9.18 Å². The minimum atomic E-state index is -0.246. The van der Waals surface area contributed by atoms with Gasteiger partial charge in [0, 0.05) is 65.6 Å². The molecule has 0 aliphatic carbocycles. The van der Waals surface area contributed by atoms with Crippen molar-refractivity contribution in [3.63, 3.8) is 0 Å². The summed E-state index contributed by atoms with van der Waals surface area (Å²) in [6.45, 7) is 6.58. The number of amides is 1. The van der Waals surface area contributed by atoms with Crippen LogP contribution in [0.2, 0.25) is 0 Å². The molecule has 1 amide bonds. The van der Waals surface area contributed by atoms with Crippen LogP contribution in [0.3, 0.4) is 0 Å². The fourth-order valence-electron chi connectivity index (χ4n) is 3.35. The van der Waals surface area contributed by atoms with Crippen LogP contribution in [0.4, 0.5) is 4.39 Å². The lowest BCUT2D eigenvalue weighted by atomic mass is 10.1. The number of hydrogen-bond acceptors (Lipinski definition) is 4. The highest BCUT2D eigenvalue weighted by Gasteiger charge is 2.21. The Morgan fingerprint density at radius 3 is 2.69 bits per heavy atom. The van der Waals surface area contributed by atoms with Gasteiger partial charge in [-0.25, -0.2) is 9.37 Å². The number of rotatable bonds is 6. The molecule has 0 saturated carbocycles. The summed E-state index contributed by atoms with van der Waals surface area (Å²) in [6, 6.07) is 6.49. The van der Waals surface area contributed by atoms with E-state index in [-0.39, 0.29) is 17.8 Å². The molecule has 1 aliphatic heterocycles. The van der Waals surface area contributed by atoms with E-state index >= 15 is 0 Å². The number of halogens is 1. The van der Waals surface area contributed by atoms with E-state index < -0.39 is 0 Å². The van der Waals surface area contributed by atoms with Gasteiger partial charge in [0.25, 0.3) is 0 Å². The van der Waals surface area contributed by atoms with Gasteiger partial charge in [-0.2, -0.15) is 0 Å². The Hall–Kier alpha value is -2.25. The van der Waals surface area contributed by atoms with E-state index in [9.17, 15) is 9.18 Å². The molecule has 0 spiro atoms. The lowest BCUT2D eigenvalue weighted by Gasteiger charge is -2.34. The highest BCUT2D eigenvalue weighted by Crippen LogP contribution is 2.21. The Bertz CT molecular complexity index is 739. The Morgan fingerprint density at radius 1 is 1.31 bits per heavy atom. The second-order valence-electron chi connectivity index (χ2n) is 6.69. The Morgan fingerprint density at radius 2 is 2.08 bits per heavy atom. The maximum atomic E-state index is 13.7. The first-order valence-corrected chi connectivity index (χ1v) is 8.98. The van der Waals surface area contributed by atoms with Crippen LogP contribution in [0.1, 0.15) is 24.4 Å². The van der Waals surface area contributed by atoms with Gasteiger partial charge in [0.2, 0.25) is 5.91 Å². The molecule has 2 heterocycles. The standard InChI is InChI=1S/C19H26FN5O/c1-15(26)25-12-10-24(11-13-25)9-7-21-18(19-22-6-8-23(19)2)16-4-3-5-17(20)14-16/h3-6,8,14,18,21H,7,9-13H2,1-2H3/t18-/m1/s1. The number of aryl methyl sites for hydroxylation is 1. The third-order valence-corrected chi connectivity index (χ3v) is 4.89.